The van der Waals surface area contributed by atoms with Crippen LogP contribution in [0.1, 0.15) is 27.9 Å². The Labute approximate surface area is 143 Å². The van der Waals surface area contributed by atoms with Crippen molar-refractivity contribution in [2.24, 2.45) is 5.92 Å². The number of pyridine rings is 1. The Morgan fingerprint density at radius 2 is 2.21 bits per heavy atom. The number of ether oxygens (including phenoxy) is 1. The molecule has 24 heavy (non-hydrogen) atoms. The first-order valence-corrected chi connectivity index (χ1v) is 8.45. The number of aryl methyl sites for hydroxylation is 1. The molecule has 1 aliphatic rings. The van der Waals surface area contributed by atoms with Crippen LogP contribution in [0.5, 0.6) is 0 Å². The van der Waals surface area contributed by atoms with Gasteiger partial charge in [0.2, 0.25) is 0 Å². The van der Waals surface area contributed by atoms with Gasteiger partial charge in [-0.2, -0.15) is 0 Å². The number of methoxy groups -OCH3 is 1. The molecule has 1 aromatic heterocycles. The molecule has 126 valence electrons. The molecule has 2 aromatic rings. The van der Waals surface area contributed by atoms with E-state index >= 15 is 0 Å². The monoisotopic (exact) mass is 324 g/mol. The van der Waals surface area contributed by atoms with Gasteiger partial charge in [0.1, 0.15) is 0 Å². The van der Waals surface area contributed by atoms with Crippen LogP contribution in [0.4, 0.5) is 0 Å². The molecule has 1 fully saturated rings. The average Bonchev–Trinajstić information content (AvgIpc) is 2.62. The maximum absolute atomic E-state index is 12.7. The largest absolute Gasteiger partial charge is 0.381 e. The smallest absolute Gasteiger partial charge is 0.255 e. The molecule has 4 heteroatoms. The number of amides is 1. The molecule has 1 aliphatic heterocycles. The van der Waals surface area contributed by atoms with Crippen LogP contribution in [0.25, 0.3) is 0 Å². The lowest BCUT2D eigenvalue weighted by Crippen LogP contribution is -2.47. The highest BCUT2D eigenvalue weighted by Gasteiger charge is 2.32. The maximum atomic E-state index is 12.7. The molecule has 1 saturated heterocycles. The summed E-state index contributed by atoms with van der Waals surface area (Å²) in [5, 5.41) is 0. The van der Waals surface area contributed by atoms with Gasteiger partial charge in [-0.3, -0.25) is 9.78 Å². The van der Waals surface area contributed by atoms with Gasteiger partial charge in [0, 0.05) is 38.5 Å². The summed E-state index contributed by atoms with van der Waals surface area (Å²) in [6.07, 6.45) is 5.33. The molecule has 0 N–H and O–H groups in total. The summed E-state index contributed by atoms with van der Waals surface area (Å²) >= 11 is 0. The minimum atomic E-state index is 0.0619. The van der Waals surface area contributed by atoms with Crippen molar-refractivity contribution in [3.05, 3.63) is 65.5 Å². The van der Waals surface area contributed by atoms with Gasteiger partial charge in [0.15, 0.2) is 0 Å². The summed E-state index contributed by atoms with van der Waals surface area (Å²) in [5.74, 6) is 0.373. The van der Waals surface area contributed by atoms with Gasteiger partial charge in [-0.05, 0) is 37.5 Å². The lowest BCUT2D eigenvalue weighted by molar-refractivity contribution is -0.00301. The lowest BCUT2D eigenvalue weighted by atomic mass is 9.88. The van der Waals surface area contributed by atoms with E-state index in [9.17, 15) is 4.79 Å². The second-order valence-electron chi connectivity index (χ2n) is 6.51. The minimum Gasteiger partial charge on any atom is -0.381 e. The number of nitrogens with zero attached hydrogens (tertiary/aromatic N) is 2. The zero-order valence-electron chi connectivity index (χ0n) is 14.3. The Morgan fingerprint density at radius 3 is 2.92 bits per heavy atom. The van der Waals surface area contributed by atoms with Gasteiger partial charge in [-0.15, -0.1) is 0 Å². The molecule has 2 atom stereocenters. The number of aromatic nitrogens is 1. The number of hydrogen-bond donors (Lipinski definition) is 0. The van der Waals surface area contributed by atoms with E-state index in [4.69, 9.17) is 4.74 Å². The Balaban J connectivity index is 1.73. The van der Waals surface area contributed by atoms with Gasteiger partial charge in [0.05, 0.1) is 11.7 Å². The van der Waals surface area contributed by atoms with Crippen LogP contribution in [0.2, 0.25) is 0 Å². The van der Waals surface area contributed by atoms with E-state index in [1.807, 2.05) is 11.0 Å². The van der Waals surface area contributed by atoms with E-state index in [-0.39, 0.29) is 12.0 Å². The quantitative estimate of drug-likeness (QED) is 0.868. The van der Waals surface area contributed by atoms with Crippen molar-refractivity contribution in [1.29, 1.82) is 0 Å². The van der Waals surface area contributed by atoms with E-state index in [1.165, 1.54) is 11.1 Å². The van der Waals surface area contributed by atoms with Crippen molar-refractivity contribution in [3.8, 4) is 0 Å². The van der Waals surface area contributed by atoms with Crippen molar-refractivity contribution in [3.63, 3.8) is 0 Å². The number of hydrogen-bond acceptors (Lipinski definition) is 3. The SMILES string of the molecule is CO[C@H]1CCN(C(=O)c2cccnc2)C[C@H]1Cc1cccc(C)c1. The summed E-state index contributed by atoms with van der Waals surface area (Å²) in [7, 11) is 1.77. The van der Waals surface area contributed by atoms with Crippen LogP contribution in [-0.2, 0) is 11.2 Å². The van der Waals surface area contributed by atoms with Crippen LogP contribution in [0, 0.1) is 12.8 Å². The van der Waals surface area contributed by atoms with E-state index < -0.39 is 0 Å². The molecule has 0 saturated carbocycles. The Hall–Kier alpha value is -2.20. The molecule has 2 heterocycles. The van der Waals surface area contributed by atoms with Crippen molar-refractivity contribution in [2.75, 3.05) is 20.2 Å². The fraction of sp³-hybridized carbons (Fsp3) is 0.400. The number of benzene rings is 1. The van der Waals surface area contributed by atoms with Crippen molar-refractivity contribution in [2.45, 2.75) is 25.9 Å². The fourth-order valence-corrected chi connectivity index (χ4v) is 3.52. The molecule has 0 radical (unpaired) electrons. The van der Waals surface area contributed by atoms with Crippen LogP contribution < -0.4 is 0 Å². The highest BCUT2D eigenvalue weighted by atomic mass is 16.5. The molecule has 0 spiro atoms. The maximum Gasteiger partial charge on any atom is 0.255 e. The van der Waals surface area contributed by atoms with Crippen molar-refractivity contribution < 1.29 is 9.53 Å². The van der Waals surface area contributed by atoms with Crippen molar-refractivity contribution >= 4 is 5.91 Å². The van der Waals surface area contributed by atoms with Crippen LogP contribution in [0.3, 0.4) is 0 Å². The summed E-state index contributed by atoms with van der Waals surface area (Å²) in [5.41, 5.74) is 3.22. The fourth-order valence-electron chi connectivity index (χ4n) is 3.52. The van der Waals surface area contributed by atoms with Gasteiger partial charge in [0.25, 0.3) is 5.91 Å². The summed E-state index contributed by atoms with van der Waals surface area (Å²) in [4.78, 5) is 18.7. The number of piperidine rings is 1. The number of likely N-dealkylation sites (tertiary alicyclic amines) is 1. The first-order chi connectivity index (χ1) is 11.7. The highest BCUT2D eigenvalue weighted by Crippen LogP contribution is 2.25. The third kappa shape index (κ3) is 3.82. The summed E-state index contributed by atoms with van der Waals surface area (Å²) in [6.45, 7) is 3.56. The predicted octanol–water partition coefficient (Wildman–Crippen LogP) is 3.11. The minimum absolute atomic E-state index is 0.0619. The number of carbonyl (C=O) groups excluding carboxylic acids is 1. The molecule has 0 aliphatic carbocycles. The average molecular weight is 324 g/mol. The van der Waals surface area contributed by atoms with E-state index in [1.54, 1.807) is 25.6 Å². The third-order valence-electron chi connectivity index (χ3n) is 4.74. The Bertz CT molecular complexity index is 687. The number of carbonyl (C=O) groups is 1. The summed E-state index contributed by atoms with van der Waals surface area (Å²) in [6, 6.07) is 12.2. The Morgan fingerprint density at radius 1 is 1.33 bits per heavy atom. The Kier molecular flexibility index (Phi) is 5.26. The molecule has 3 rings (SSSR count). The van der Waals surface area contributed by atoms with Crippen molar-refractivity contribution in [1.82, 2.24) is 9.88 Å². The molecule has 1 aromatic carbocycles. The van der Waals surface area contributed by atoms with Gasteiger partial charge < -0.3 is 9.64 Å². The lowest BCUT2D eigenvalue weighted by Gasteiger charge is -2.38. The first kappa shape index (κ1) is 16.7. The van der Waals surface area contributed by atoms with Gasteiger partial charge in [-0.25, -0.2) is 0 Å². The van der Waals surface area contributed by atoms with E-state index in [0.29, 0.717) is 11.5 Å². The first-order valence-electron chi connectivity index (χ1n) is 8.45. The molecule has 0 bridgehead atoms. The third-order valence-corrected chi connectivity index (χ3v) is 4.74. The zero-order chi connectivity index (χ0) is 16.9. The van der Waals surface area contributed by atoms with Crippen LogP contribution in [0.15, 0.2) is 48.8 Å². The molecule has 1 amide bonds. The van der Waals surface area contributed by atoms with E-state index in [2.05, 4.69) is 36.2 Å². The zero-order valence-corrected chi connectivity index (χ0v) is 14.3. The topological polar surface area (TPSA) is 42.4 Å². The van der Waals surface area contributed by atoms with Crippen LogP contribution in [-0.4, -0.2) is 42.1 Å². The molecule has 4 nitrogen and oxygen atoms in total. The highest BCUT2D eigenvalue weighted by molar-refractivity contribution is 5.93. The standard InChI is InChI=1S/C20H24N2O2/c1-15-5-3-6-16(11-15)12-18-14-22(10-8-19(18)24-2)20(23)17-7-4-9-21-13-17/h3-7,9,11,13,18-19H,8,10,12,14H2,1-2H3/t18-,19+/m1/s1. The second-order valence-corrected chi connectivity index (χ2v) is 6.51. The van der Waals surface area contributed by atoms with Gasteiger partial charge >= 0.3 is 0 Å². The molecule has 0 unspecified atom stereocenters. The van der Waals surface area contributed by atoms with Crippen LogP contribution >= 0.6 is 0 Å². The predicted molar refractivity (Wildman–Crippen MR) is 93.9 cm³/mol. The number of rotatable bonds is 4. The second kappa shape index (κ2) is 7.58. The van der Waals surface area contributed by atoms with Gasteiger partial charge in [-0.1, -0.05) is 29.8 Å². The molecular weight excluding hydrogens is 300 g/mol. The molecular formula is C20H24N2O2. The summed E-state index contributed by atoms with van der Waals surface area (Å²) < 4.78 is 5.69. The normalized spacial score (nSPS) is 20.8. The van der Waals surface area contributed by atoms with E-state index in [0.717, 1.165) is 25.9 Å².